The van der Waals surface area contributed by atoms with Gasteiger partial charge in [-0.1, -0.05) is 17.7 Å². The summed E-state index contributed by atoms with van der Waals surface area (Å²) in [5.41, 5.74) is 1.34. The highest BCUT2D eigenvalue weighted by molar-refractivity contribution is 7.89. The summed E-state index contributed by atoms with van der Waals surface area (Å²) in [6, 6.07) is 5.70. The Balaban J connectivity index is 1.92. The Bertz CT molecular complexity index is 564. The summed E-state index contributed by atoms with van der Waals surface area (Å²) in [4.78, 5) is 0.102. The van der Waals surface area contributed by atoms with E-state index in [0.717, 1.165) is 19.3 Å². The van der Waals surface area contributed by atoms with E-state index in [0.29, 0.717) is 6.54 Å². The Morgan fingerprint density at radius 3 is 2.79 bits per heavy atom. The average molecular weight is 281 g/mol. The normalized spacial score (nSPS) is 16.1. The summed E-state index contributed by atoms with van der Waals surface area (Å²) in [5, 5.41) is 9.30. The van der Waals surface area contributed by atoms with Crippen LogP contribution in [0.25, 0.3) is 0 Å². The van der Waals surface area contributed by atoms with Gasteiger partial charge in [0.05, 0.1) is 4.90 Å². The van der Waals surface area contributed by atoms with Gasteiger partial charge >= 0.3 is 0 Å². The Kier molecular flexibility index (Phi) is 4.61. The van der Waals surface area contributed by atoms with Crippen molar-refractivity contribution in [1.29, 1.82) is 0 Å². The van der Waals surface area contributed by atoms with Crippen LogP contribution >= 0.6 is 0 Å². The van der Waals surface area contributed by atoms with Crippen LogP contribution in [0.5, 0.6) is 5.75 Å². The van der Waals surface area contributed by atoms with Crippen molar-refractivity contribution in [2.45, 2.75) is 37.0 Å². The lowest BCUT2D eigenvalue weighted by Crippen LogP contribution is -2.25. The third kappa shape index (κ3) is 4.08. The van der Waals surface area contributed by atoms with E-state index in [1.165, 1.54) is 42.7 Å². The van der Waals surface area contributed by atoms with Gasteiger partial charge in [-0.2, -0.15) is 0 Å². The summed E-state index contributed by atoms with van der Waals surface area (Å²) < 4.78 is 26.5. The molecule has 0 aliphatic heterocycles. The number of phenolic OH excluding ortho intramolecular Hbond substituents is 1. The molecule has 1 aliphatic rings. The highest BCUT2D eigenvalue weighted by Crippen LogP contribution is 2.20. The molecular weight excluding hydrogens is 262 g/mol. The van der Waals surface area contributed by atoms with Gasteiger partial charge in [0.25, 0.3) is 0 Å². The maximum Gasteiger partial charge on any atom is 0.240 e. The van der Waals surface area contributed by atoms with Crippen LogP contribution in [-0.2, 0) is 10.0 Å². The quantitative estimate of drug-likeness (QED) is 0.815. The molecule has 0 bridgehead atoms. The van der Waals surface area contributed by atoms with Crippen molar-refractivity contribution in [2.75, 3.05) is 6.54 Å². The van der Waals surface area contributed by atoms with Gasteiger partial charge in [0.15, 0.2) is 0 Å². The van der Waals surface area contributed by atoms with E-state index in [1.807, 2.05) is 0 Å². The summed E-state index contributed by atoms with van der Waals surface area (Å²) in [5.74, 6) is -0.0436. The first-order chi connectivity index (χ1) is 9.08. The van der Waals surface area contributed by atoms with Crippen molar-refractivity contribution in [3.63, 3.8) is 0 Å². The lowest BCUT2D eigenvalue weighted by Gasteiger charge is -2.13. The summed E-state index contributed by atoms with van der Waals surface area (Å²) in [6.45, 7) is 0.407. The van der Waals surface area contributed by atoms with E-state index in [-0.39, 0.29) is 10.6 Å². The van der Waals surface area contributed by atoms with Crippen molar-refractivity contribution >= 4 is 10.0 Å². The SMILES string of the molecule is O=S(=O)(NCCC1=CCCCC1)c1cccc(O)c1. The molecule has 0 saturated carbocycles. The number of aromatic hydroxyl groups is 1. The van der Waals surface area contributed by atoms with Crippen molar-refractivity contribution < 1.29 is 13.5 Å². The molecule has 1 aliphatic carbocycles. The predicted molar refractivity (Wildman–Crippen MR) is 74.5 cm³/mol. The van der Waals surface area contributed by atoms with E-state index in [9.17, 15) is 13.5 Å². The van der Waals surface area contributed by atoms with Gasteiger partial charge in [-0.15, -0.1) is 0 Å². The van der Waals surface area contributed by atoms with E-state index >= 15 is 0 Å². The molecule has 0 atom stereocenters. The smallest absolute Gasteiger partial charge is 0.240 e. The van der Waals surface area contributed by atoms with Crippen molar-refractivity contribution in [2.24, 2.45) is 0 Å². The average Bonchev–Trinajstić information content (AvgIpc) is 2.40. The zero-order chi connectivity index (χ0) is 13.7. The van der Waals surface area contributed by atoms with Crippen LogP contribution in [0.3, 0.4) is 0 Å². The molecule has 2 rings (SSSR count). The number of benzene rings is 1. The molecule has 0 amide bonds. The zero-order valence-corrected chi connectivity index (χ0v) is 11.6. The summed E-state index contributed by atoms with van der Waals surface area (Å²) in [6.07, 6.45) is 7.59. The minimum Gasteiger partial charge on any atom is -0.508 e. The molecule has 0 spiro atoms. The number of phenols is 1. The fourth-order valence-electron chi connectivity index (χ4n) is 2.21. The molecular formula is C14H19NO3S. The lowest BCUT2D eigenvalue weighted by molar-refractivity contribution is 0.473. The van der Waals surface area contributed by atoms with Crippen molar-refractivity contribution in [1.82, 2.24) is 4.72 Å². The monoisotopic (exact) mass is 281 g/mol. The first-order valence-corrected chi connectivity index (χ1v) is 8.03. The zero-order valence-electron chi connectivity index (χ0n) is 10.8. The van der Waals surface area contributed by atoms with Gasteiger partial charge in [-0.05, 0) is 50.3 Å². The highest BCUT2D eigenvalue weighted by atomic mass is 32.2. The molecule has 19 heavy (non-hydrogen) atoms. The third-order valence-electron chi connectivity index (χ3n) is 3.25. The Labute approximate surface area is 114 Å². The van der Waals surface area contributed by atoms with Crippen molar-refractivity contribution in [3.05, 3.63) is 35.9 Å². The molecule has 0 heterocycles. The van der Waals surface area contributed by atoms with Crippen LogP contribution in [0.2, 0.25) is 0 Å². The van der Waals surface area contributed by atoms with Gasteiger partial charge in [0.2, 0.25) is 10.0 Å². The number of sulfonamides is 1. The molecule has 0 aromatic heterocycles. The van der Waals surface area contributed by atoms with Crippen LogP contribution in [0.1, 0.15) is 32.1 Å². The predicted octanol–water partition coefficient (Wildman–Crippen LogP) is 2.56. The molecule has 0 saturated heterocycles. The molecule has 2 N–H and O–H groups in total. The fraction of sp³-hybridized carbons (Fsp3) is 0.429. The first kappa shape index (κ1) is 14.1. The van der Waals surface area contributed by atoms with Gasteiger partial charge in [0.1, 0.15) is 5.75 Å². The molecule has 1 aromatic rings. The third-order valence-corrected chi connectivity index (χ3v) is 4.71. The fourth-order valence-corrected chi connectivity index (χ4v) is 3.28. The van der Waals surface area contributed by atoms with Crippen LogP contribution in [-0.4, -0.2) is 20.1 Å². The molecule has 0 unspecified atom stereocenters. The van der Waals surface area contributed by atoms with Crippen LogP contribution < -0.4 is 4.72 Å². The minimum atomic E-state index is -3.52. The van der Waals surface area contributed by atoms with Gasteiger partial charge in [0, 0.05) is 6.54 Å². The van der Waals surface area contributed by atoms with Crippen molar-refractivity contribution in [3.8, 4) is 5.75 Å². The summed E-state index contributed by atoms with van der Waals surface area (Å²) >= 11 is 0. The molecule has 0 radical (unpaired) electrons. The largest absolute Gasteiger partial charge is 0.508 e. The molecule has 4 nitrogen and oxygen atoms in total. The number of rotatable bonds is 5. The number of allylic oxidation sites excluding steroid dienone is 1. The molecule has 104 valence electrons. The maximum absolute atomic E-state index is 12.0. The second-order valence-corrected chi connectivity index (χ2v) is 6.52. The summed E-state index contributed by atoms with van der Waals surface area (Å²) in [7, 11) is -3.52. The lowest BCUT2D eigenvalue weighted by atomic mass is 9.97. The number of hydrogen-bond acceptors (Lipinski definition) is 3. The topological polar surface area (TPSA) is 66.4 Å². The molecule has 0 fully saturated rings. The van der Waals surface area contributed by atoms with Gasteiger partial charge < -0.3 is 5.11 Å². The van der Waals surface area contributed by atoms with Crippen LogP contribution in [0.15, 0.2) is 40.8 Å². The molecule has 1 aromatic carbocycles. The second kappa shape index (κ2) is 6.21. The van der Waals surface area contributed by atoms with E-state index in [2.05, 4.69) is 10.8 Å². The number of nitrogens with one attached hydrogen (secondary N) is 1. The van der Waals surface area contributed by atoms with E-state index < -0.39 is 10.0 Å². The molecule has 5 heteroatoms. The standard InChI is InChI=1S/C14H19NO3S/c16-13-7-4-8-14(11-13)19(17,18)15-10-9-12-5-2-1-3-6-12/h4-5,7-8,11,15-16H,1-3,6,9-10H2. The number of hydrogen-bond donors (Lipinski definition) is 2. The van der Waals surface area contributed by atoms with E-state index in [4.69, 9.17) is 0 Å². The highest BCUT2D eigenvalue weighted by Gasteiger charge is 2.14. The van der Waals surface area contributed by atoms with Crippen LogP contribution in [0, 0.1) is 0 Å². The second-order valence-electron chi connectivity index (χ2n) is 4.75. The van der Waals surface area contributed by atoms with E-state index in [1.54, 1.807) is 0 Å². The Hall–Kier alpha value is -1.33. The Morgan fingerprint density at radius 2 is 2.11 bits per heavy atom. The maximum atomic E-state index is 12.0. The Morgan fingerprint density at radius 1 is 1.26 bits per heavy atom. The minimum absolute atomic E-state index is 0.0436. The van der Waals surface area contributed by atoms with Crippen LogP contribution in [0.4, 0.5) is 0 Å². The van der Waals surface area contributed by atoms with Gasteiger partial charge in [-0.3, -0.25) is 0 Å². The van der Waals surface area contributed by atoms with Gasteiger partial charge in [-0.25, -0.2) is 13.1 Å². The first-order valence-electron chi connectivity index (χ1n) is 6.54.